The number of benzene rings is 3. The minimum absolute atomic E-state index is 0.707. The van der Waals surface area contributed by atoms with Crippen molar-refractivity contribution in [3.63, 3.8) is 0 Å². The monoisotopic (exact) mass is 445 g/mol. The van der Waals surface area contributed by atoms with Gasteiger partial charge in [-0.15, -0.1) is 0 Å². The van der Waals surface area contributed by atoms with E-state index in [2.05, 4.69) is 87.5 Å². The minimum atomic E-state index is 0.707. The Hall–Kier alpha value is -2.63. The number of ether oxygens (including phenoxy) is 1. The van der Waals surface area contributed by atoms with Crippen LogP contribution in [0.1, 0.15) is 13.3 Å². The number of fused-ring (bicyclic) bond motifs is 2. The van der Waals surface area contributed by atoms with Gasteiger partial charge < -0.3 is 14.5 Å². The molecule has 0 aliphatic carbocycles. The molecule has 0 atom stereocenters. The summed E-state index contributed by atoms with van der Waals surface area (Å²) in [5.74, 6) is 1.00. The Labute approximate surface area is 195 Å². The molecule has 4 nitrogen and oxygen atoms in total. The van der Waals surface area contributed by atoms with Gasteiger partial charge in [0.05, 0.1) is 23.7 Å². The highest BCUT2D eigenvalue weighted by molar-refractivity contribution is 7.99. The first-order valence-corrected chi connectivity index (χ1v) is 12.5. The summed E-state index contributed by atoms with van der Waals surface area (Å²) in [5, 5.41) is 0. The fourth-order valence-corrected chi connectivity index (χ4v) is 5.78. The Morgan fingerprint density at radius 3 is 1.97 bits per heavy atom. The molecule has 0 amide bonds. The topological polar surface area (TPSA) is 19.0 Å². The molecule has 1 fully saturated rings. The fourth-order valence-electron chi connectivity index (χ4n) is 4.68. The summed E-state index contributed by atoms with van der Waals surface area (Å²) in [7, 11) is 0. The van der Waals surface area contributed by atoms with E-state index in [1.165, 1.54) is 26.9 Å². The summed E-state index contributed by atoms with van der Waals surface area (Å²) < 4.78 is 5.84. The number of hydrogen-bond donors (Lipinski definition) is 0. The molecule has 32 heavy (non-hydrogen) atoms. The summed E-state index contributed by atoms with van der Waals surface area (Å²) in [5.41, 5.74) is 3.91. The van der Waals surface area contributed by atoms with Crippen molar-refractivity contribution < 1.29 is 4.74 Å². The standard InChI is InChI=1S/C27H31N3OS/c1-2-31-25-13-6-3-10-22(25)29-20-18-28(19-21-29)16-9-17-30-23-11-4-7-14-26(23)32-27-15-8-5-12-24(27)30/h3-8,10-15H,2,9,16-21H2,1H3. The van der Waals surface area contributed by atoms with Gasteiger partial charge in [0.1, 0.15) is 5.75 Å². The Morgan fingerprint density at radius 2 is 1.31 bits per heavy atom. The lowest BCUT2D eigenvalue weighted by molar-refractivity contribution is 0.255. The van der Waals surface area contributed by atoms with Crippen molar-refractivity contribution in [3.05, 3.63) is 72.8 Å². The largest absolute Gasteiger partial charge is 0.492 e. The van der Waals surface area contributed by atoms with Gasteiger partial charge in [0.15, 0.2) is 0 Å². The molecule has 2 aliphatic heterocycles. The van der Waals surface area contributed by atoms with Crippen LogP contribution in [-0.4, -0.2) is 50.8 Å². The lowest BCUT2D eigenvalue weighted by atomic mass is 10.2. The lowest BCUT2D eigenvalue weighted by Crippen LogP contribution is -2.47. The zero-order chi connectivity index (χ0) is 21.8. The first-order chi connectivity index (χ1) is 15.8. The van der Waals surface area contributed by atoms with Gasteiger partial charge in [-0.2, -0.15) is 0 Å². The van der Waals surface area contributed by atoms with E-state index in [1.54, 1.807) is 0 Å². The molecule has 5 heteroatoms. The molecule has 0 spiro atoms. The quantitative estimate of drug-likeness (QED) is 0.449. The molecule has 0 radical (unpaired) electrons. The normalized spacial score (nSPS) is 15.9. The molecule has 0 N–H and O–H groups in total. The van der Waals surface area contributed by atoms with Crippen molar-refractivity contribution in [2.75, 3.05) is 55.7 Å². The van der Waals surface area contributed by atoms with Crippen LogP contribution in [0.4, 0.5) is 17.1 Å². The SMILES string of the molecule is CCOc1ccccc1N1CCN(CCCN2c3ccccc3Sc3ccccc32)CC1. The summed E-state index contributed by atoms with van der Waals surface area (Å²) in [6, 6.07) is 26.0. The van der Waals surface area contributed by atoms with Crippen LogP contribution in [0, 0.1) is 0 Å². The van der Waals surface area contributed by atoms with Crippen LogP contribution < -0.4 is 14.5 Å². The van der Waals surface area contributed by atoms with Crippen LogP contribution in [0.5, 0.6) is 5.75 Å². The van der Waals surface area contributed by atoms with E-state index in [0.29, 0.717) is 6.61 Å². The maximum atomic E-state index is 5.84. The van der Waals surface area contributed by atoms with Gasteiger partial charge in [0, 0.05) is 42.5 Å². The van der Waals surface area contributed by atoms with Crippen LogP contribution in [0.3, 0.4) is 0 Å². The molecular formula is C27H31N3OS. The Morgan fingerprint density at radius 1 is 0.719 bits per heavy atom. The van der Waals surface area contributed by atoms with Gasteiger partial charge in [-0.25, -0.2) is 0 Å². The number of para-hydroxylation sites is 4. The number of hydrogen-bond acceptors (Lipinski definition) is 5. The van der Waals surface area contributed by atoms with Crippen molar-refractivity contribution in [1.29, 1.82) is 0 Å². The first kappa shape index (κ1) is 21.2. The molecule has 2 aliphatic rings. The van der Waals surface area contributed by atoms with Crippen LogP contribution in [0.25, 0.3) is 0 Å². The van der Waals surface area contributed by atoms with Gasteiger partial charge in [-0.1, -0.05) is 48.2 Å². The van der Waals surface area contributed by atoms with Crippen molar-refractivity contribution in [2.45, 2.75) is 23.1 Å². The van der Waals surface area contributed by atoms with Crippen LogP contribution in [0.15, 0.2) is 82.6 Å². The number of rotatable bonds is 7. The smallest absolute Gasteiger partial charge is 0.142 e. The second-order valence-electron chi connectivity index (χ2n) is 8.27. The third-order valence-corrected chi connectivity index (χ3v) is 7.40. The molecule has 5 rings (SSSR count). The third-order valence-electron chi connectivity index (χ3n) is 6.27. The first-order valence-electron chi connectivity index (χ1n) is 11.7. The fraction of sp³-hybridized carbons (Fsp3) is 0.333. The molecule has 166 valence electrons. The van der Waals surface area contributed by atoms with Gasteiger partial charge >= 0.3 is 0 Å². The van der Waals surface area contributed by atoms with Crippen molar-refractivity contribution >= 4 is 28.8 Å². The second kappa shape index (κ2) is 9.88. The zero-order valence-electron chi connectivity index (χ0n) is 18.7. The van der Waals surface area contributed by atoms with E-state index in [0.717, 1.165) is 51.4 Å². The van der Waals surface area contributed by atoms with Crippen LogP contribution in [0.2, 0.25) is 0 Å². The van der Waals surface area contributed by atoms with E-state index in [9.17, 15) is 0 Å². The van der Waals surface area contributed by atoms with Gasteiger partial charge in [0.25, 0.3) is 0 Å². The van der Waals surface area contributed by atoms with Gasteiger partial charge in [-0.3, -0.25) is 4.90 Å². The minimum Gasteiger partial charge on any atom is -0.492 e. The highest BCUT2D eigenvalue weighted by atomic mass is 32.2. The molecule has 0 saturated carbocycles. The predicted octanol–water partition coefficient (Wildman–Crippen LogP) is 5.90. The van der Waals surface area contributed by atoms with Gasteiger partial charge in [0.2, 0.25) is 0 Å². The van der Waals surface area contributed by atoms with E-state index in [-0.39, 0.29) is 0 Å². The zero-order valence-corrected chi connectivity index (χ0v) is 19.6. The molecule has 2 heterocycles. The summed E-state index contributed by atoms with van der Waals surface area (Å²) in [6.45, 7) is 9.24. The van der Waals surface area contributed by atoms with E-state index < -0.39 is 0 Å². The maximum Gasteiger partial charge on any atom is 0.142 e. The number of anilines is 3. The molecule has 0 bridgehead atoms. The van der Waals surface area contributed by atoms with Gasteiger partial charge in [-0.05, 0) is 56.3 Å². The third kappa shape index (κ3) is 4.45. The molecule has 3 aromatic rings. The number of piperazine rings is 1. The highest BCUT2D eigenvalue weighted by Crippen LogP contribution is 2.47. The molecule has 0 aromatic heterocycles. The summed E-state index contributed by atoms with van der Waals surface area (Å²) in [6.07, 6.45) is 1.16. The van der Waals surface area contributed by atoms with Crippen LogP contribution >= 0.6 is 11.8 Å². The summed E-state index contributed by atoms with van der Waals surface area (Å²) in [4.78, 5) is 10.3. The van der Waals surface area contributed by atoms with Crippen LogP contribution in [-0.2, 0) is 0 Å². The van der Waals surface area contributed by atoms with E-state index >= 15 is 0 Å². The highest BCUT2D eigenvalue weighted by Gasteiger charge is 2.23. The molecule has 1 saturated heterocycles. The van der Waals surface area contributed by atoms with Crippen molar-refractivity contribution in [3.8, 4) is 5.75 Å². The molecule has 3 aromatic carbocycles. The molecular weight excluding hydrogens is 414 g/mol. The Balaban J connectivity index is 1.18. The Bertz CT molecular complexity index is 1000. The maximum absolute atomic E-state index is 5.84. The van der Waals surface area contributed by atoms with Crippen molar-refractivity contribution in [1.82, 2.24) is 4.90 Å². The summed E-state index contributed by atoms with van der Waals surface area (Å²) >= 11 is 1.88. The molecule has 0 unspecified atom stereocenters. The average molecular weight is 446 g/mol. The Kier molecular flexibility index (Phi) is 6.56. The second-order valence-corrected chi connectivity index (χ2v) is 9.36. The predicted molar refractivity (Wildman–Crippen MR) is 135 cm³/mol. The van der Waals surface area contributed by atoms with Crippen molar-refractivity contribution in [2.24, 2.45) is 0 Å². The average Bonchev–Trinajstić information content (AvgIpc) is 2.85. The van der Waals surface area contributed by atoms with E-state index in [4.69, 9.17) is 4.74 Å². The number of nitrogens with zero attached hydrogens (tertiary/aromatic N) is 3. The lowest BCUT2D eigenvalue weighted by Gasteiger charge is -2.37. The van der Waals surface area contributed by atoms with E-state index in [1.807, 2.05) is 18.7 Å².